The van der Waals surface area contributed by atoms with Crippen LogP contribution in [0.5, 0.6) is 0 Å². The quantitative estimate of drug-likeness (QED) is 0.346. The van der Waals surface area contributed by atoms with Crippen LogP contribution in [0, 0.1) is 11.8 Å². The topological polar surface area (TPSA) is 3.24 Å². The van der Waals surface area contributed by atoms with Crippen molar-refractivity contribution in [1.82, 2.24) is 4.90 Å². The van der Waals surface area contributed by atoms with Crippen molar-refractivity contribution in [2.45, 2.75) is 58.3 Å². The number of hydrogen-bond donors (Lipinski definition) is 1. The summed E-state index contributed by atoms with van der Waals surface area (Å²) in [5.74, 6) is 1.57. The Morgan fingerprint density at radius 1 is 1.26 bits per heavy atom. The molecule has 0 radical (unpaired) electrons. The monoisotopic (exact) mass is 329 g/mol. The van der Waals surface area contributed by atoms with Crippen molar-refractivity contribution < 1.29 is 0 Å². The molecule has 3 aliphatic rings. The van der Waals surface area contributed by atoms with Crippen LogP contribution in [-0.4, -0.2) is 18.0 Å². The summed E-state index contributed by atoms with van der Waals surface area (Å²) in [5, 5.41) is 0. The summed E-state index contributed by atoms with van der Waals surface area (Å²) in [6.07, 6.45) is 12.5. The molecule has 0 spiro atoms. The van der Waals surface area contributed by atoms with Gasteiger partial charge in [-0.1, -0.05) is 18.2 Å². The first kappa shape index (κ1) is 17.0. The number of hydrogen-bond acceptors (Lipinski definition) is 2. The zero-order valence-corrected chi connectivity index (χ0v) is 15.5. The lowest BCUT2D eigenvalue weighted by Crippen LogP contribution is -2.36. The highest BCUT2D eigenvalue weighted by atomic mass is 32.1. The Bertz CT molecular complexity index is 546. The summed E-state index contributed by atoms with van der Waals surface area (Å²) in [4.78, 5) is 3.75. The highest BCUT2D eigenvalue weighted by Gasteiger charge is 2.29. The van der Waals surface area contributed by atoms with Crippen molar-refractivity contribution >= 4 is 12.6 Å². The van der Waals surface area contributed by atoms with Crippen LogP contribution in [0.25, 0.3) is 0 Å². The maximum Gasteiger partial charge on any atom is 0.0366 e. The molecule has 3 rings (SSSR count). The average molecular weight is 330 g/mol. The van der Waals surface area contributed by atoms with Gasteiger partial charge in [0.25, 0.3) is 0 Å². The highest BCUT2D eigenvalue weighted by molar-refractivity contribution is 7.84. The normalized spacial score (nSPS) is 25.4. The smallest absolute Gasteiger partial charge is 0.0366 e. The van der Waals surface area contributed by atoms with Gasteiger partial charge in [0.15, 0.2) is 0 Å². The molecule has 1 heterocycles. The summed E-state index contributed by atoms with van der Waals surface area (Å²) in [7, 11) is 0. The first-order valence-electron chi connectivity index (χ1n) is 9.26. The Labute approximate surface area is 147 Å². The Balaban J connectivity index is 1.76. The van der Waals surface area contributed by atoms with Crippen molar-refractivity contribution in [3.05, 3.63) is 46.6 Å². The SMILES string of the molecule is C=C(C)CCC1CCC(S)=C(/C(=C/C2CC2)C(=C)N2CCC2)C1. The molecular weight excluding hydrogens is 298 g/mol. The molecule has 0 aromatic rings. The second-order valence-electron chi connectivity index (χ2n) is 7.73. The molecule has 2 fully saturated rings. The third-order valence-corrected chi connectivity index (χ3v) is 6.00. The van der Waals surface area contributed by atoms with Gasteiger partial charge in [0, 0.05) is 18.8 Å². The van der Waals surface area contributed by atoms with Crippen LogP contribution < -0.4 is 0 Å². The van der Waals surface area contributed by atoms with Crippen LogP contribution in [0.3, 0.4) is 0 Å². The van der Waals surface area contributed by atoms with E-state index in [1.165, 1.54) is 78.9 Å². The van der Waals surface area contributed by atoms with Crippen molar-refractivity contribution in [1.29, 1.82) is 0 Å². The van der Waals surface area contributed by atoms with E-state index in [4.69, 9.17) is 12.6 Å². The van der Waals surface area contributed by atoms with Crippen molar-refractivity contribution in [3.63, 3.8) is 0 Å². The summed E-state index contributed by atoms with van der Waals surface area (Å²) in [6, 6.07) is 0. The van der Waals surface area contributed by atoms with Gasteiger partial charge in [-0.05, 0) is 86.2 Å². The van der Waals surface area contributed by atoms with Crippen LogP contribution in [0.15, 0.2) is 46.6 Å². The third-order valence-electron chi connectivity index (χ3n) is 5.51. The molecule has 1 saturated carbocycles. The molecule has 1 aliphatic heterocycles. The number of thiol groups is 1. The molecule has 0 aromatic carbocycles. The number of likely N-dealkylation sites (tertiary alicyclic amines) is 1. The van der Waals surface area contributed by atoms with Crippen molar-refractivity contribution in [2.24, 2.45) is 11.8 Å². The molecule has 0 aromatic heterocycles. The van der Waals surface area contributed by atoms with Gasteiger partial charge in [0.05, 0.1) is 0 Å². The van der Waals surface area contributed by atoms with Crippen LogP contribution in [0.1, 0.15) is 58.3 Å². The van der Waals surface area contributed by atoms with Gasteiger partial charge in [0.1, 0.15) is 0 Å². The molecular formula is C21H31NS. The fourth-order valence-electron chi connectivity index (χ4n) is 3.59. The molecule has 1 nitrogen and oxygen atoms in total. The second kappa shape index (κ2) is 7.34. The molecule has 0 amide bonds. The molecule has 126 valence electrons. The molecule has 2 aliphatic carbocycles. The van der Waals surface area contributed by atoms with Crippen LogP contribution in [0.2, 0.25) is 0 Å². The lowest BCUT2D eigenvalue weighted by atomic mass is 9.81. The molecule has 1 atom stereocenters. The van der Waals surface area contributed by atoms with Crippen LogP contribution in [0.4, 0.5) is 0 Å². The predicted molar refractivity (Wildman–Crippen MR) is 104 cm³/mol. The first-order chi connectivity index (χ1) is 11.0. The fourth-order valence-corrected chi connectivity index (χ4v) is 3.93. The number of nitrogens with zero attached hydrogens (tertiary/aromatic N) is 1. The molecule has 0 N–H and O–H groups in total. The first-order valence-corrected chi connectivity index (χ1v) is 9.71. The third kappa shape index (κ3) is 4.35. The Kier molecular flexibility index (Phi) is 5.41. The summed E-state index contributed by atoms with van der Waals surface area (Å²) in [5.41, 5.74) is 5.49. The van der Waals surface area contributed by atoms with Gasteiger partial charge in [-0.3, -0.25) is 0 Å². The lowest BCUT2D eigenvalue weighted by Gasteiger charge is -2.38. The maximum absolute atomic E-state index is 4.86. The number of allylic oxidation sites excluding steroid dienone is 4. The van der Waals surface area contributed by atoms with Gasteiger partial charge in [-0.2, -0.15) is 0 Å². The van der Waals surface area contributed by atoms with E-state index in [0.29, 0.717) is 0 Å². The zero-order valence-electron chi connectivity index (χ0n) is 14.6. The van der Waals surface area contributed by atoms with E-state index in [9.17, 15) is 0 Å². The van der Waals surface area contributed by atoms with E-state index in [2.05, 4.69) is 31.1 Å². The van der Waals surface area contributed by atoms with E-state index in [-0.39, 0.29) is 0 Å². The van der Waals surface area contributed by atoms with E-state index < -0.39 is 0 Å². The Hall–Kier alpha value is -0.890. The van der Waals surface area contributed by atoms with Gasteiger partial charge in [-0.15, -0.1) is 19.2 Å². The van der Waals surface area contributed by atoms with Crippen molar-refractivity contribution in [3.8, 4) is 0 Å². The molecule has 2 heteroatoms. The average Bonchev–Trinajstić information content (AvgIpc) is 3.26. The van der Waals surface area contributed by atoms with E-state index in [1.807, 2.05) is 0 Å². The predicted octanol–water partition coefficient (Wildman–Crippen LogP) is 5.88. The molecule has 23 heavy (non-hydrogen) atoms. The largest absolute Gasteiger partial charge is 0.371 e. The van der Waals surface area contributed by atoms with Gasteiger partial charge in [-0.25, -0.2) is 0 Å². The molecule has 1 saturated heterocycles. The Morgan fingerprint density at radius 2 is 2.00 bits per heavy atom. The lowest BCUT2D eigenvalue weighted by molar-refractivity contribution is 0.244. The summed E-state index contributed by atoms with van der Waals surface area (Å²) in [6.45, 7) is 13.0. The summed E-state index contributed by atoms with van der Waals surface area (Å²) >= 11 is 4.86. The minimum absolute atomic E-state index is 0.782. The van der Waals surface area contributed by atoms with Gasteiger partial charge < -0.3 is 4.90 Å². The molecule has 0 bridgehead atoms. The second-order valence-corrected chi connectivity index (χ2v) is 8.27. The van der Waals surface area contributed by atoms with Gasteiger partial charge >= 0.3 is 0 Å². The van der Waals surface area contributed by atoms with Crippen molar-refractivity contribution in [2.75, 3.05) is 13.1 Å². The number of rotatable bonds is 7. The standard InChI is InChI=1S/C21H31NS/c1-15(2)5-6-17-9-10-21(23)20(14-17)19(13-18-7-8-18)16(3)22-11-4-12-22/h13,17-18,23H,1,3-12,14H2,2H3/b19-13+. The van der Waals surface area contributed by atoms with Gasteiger partial charge in [0.2, 0.25) is 0 Å². The maximum atomic E-state index is 4.86. The minimum atomic E-state index is 0.782. The van der Waals surface area contributed by atoms with Crippen LogP contribution in [-0.2, 0) is 0 Å². The van der Waals surface area contributed by atoms with E-state index in [0.717, 1.165) is 24.7 Å². The highest BCUT2D eigenvalue weighted by Crippen LogP contribution is 2.43. The molecule has 1 unspecified atom stereocenters. The Morgan fingerprint density at radius 3 is 2.57 bits per heavy atom. The minimum Gasteiger partial charge on any atom is -0.371 e. The summed E-state index contributed by atoms with van der Waals surface area (Å²) < 4.78 is 0. The fraction of sp³-hybridized carbons (Fsp3) is 0.619. The van der Waals surface area contributed by atoms with Crippen LogP contribution >= 0.6 is 12.6 Å². The van der Waals surface area contributed by atoms with E-state index >= 15 is 0 Å². The van der Waals surface area contributed by atoms with E-state index in [1.54, 1.807) is 0 Å². The zero-order chi connectivity index (χ0) is 16.4.